The molecule has 130 valence electrons. The molecular weight excluding hydrogens is 306 g/mol. The van der Waals surface area contributed by atoms with Crippen LogP contribution < -0.4 is 5.56 Å². The van der Waals surface area contributed by atoms with Crippen molar-refractivity contribution in [3.63, 3.8) is 0 Å². The van der Waals surface area contributed by atoms with E-state index >= 15 is 0 Å². The lowest BCUT2D eigenvalue weighted by atomic mass is 9.78. The first kappa shape index (κ1) is 16.7. The second-order valence-corrected chi connectivity index (χ2v) is 7.32. The van der Waals surface area contributed by atoms with Gasteiger partial charge in [0.15, 0.2) is 0 Å². The highest BCUT2D eigenvalue weighted by molar-refractivity contribution is 5.95. The molecule has 1 aromatic heterocycles. The number of amides is 2. The minimum absolute atomic E-state index is 0.100. The summed E-state index contributed by atoms with van der Waals surface area (Å²) in [7, 11) is 1.63. The Morgan fingerprint density at radius 2 is 1.92 bits per heavy atom. The maximum absolute atomic E-state index is 12.9. The van der Waals surface area contributed by atoms with E-state index in [2.05, 4.69) is 0 Å². The van der Waals surface area contributed by atoms with Crippen LogP contribution in [0, 0.1) is 5.41 Å². The van der Waals surface area contributed by atoms with Crippen molar-refractivity contribution in [1.29, 1.82) is 0 Å². The zero-order chi connectivity index (χ0) is 17.5. The number of aromatic nitrogens is 1. The SMILES string of the molecule is CC(C)N1CCCC2(CCN(C(=O)c3ccc(=O)n(C)c3)C2)C1=O. The first-order chi connectivity index (χ1) is 11.3. The molecule has 1 spiro atoms. The molecule has 3 rings (SSSR count). The van der Waals surface area contributed by atoms with Gasteiger partial charge in [0, 0.05) is 45.0 Å². The lowest BCUT2D eigenvalue weighted by Crippen LogP contribution is -2.52. The molecule has 1 atom stereocenters. The average molecular weight is 331 g/mol. The van der Waals surface area contributed by atoms with Gasteiger partial charge >= 0.3 is 0 Å². The number of carbonyl (C=O) groups excluding carboxylic acids is 2. The van der Waals surface area contributed by atoms with Crippen LogP contribution in [0.5, 0.6) is 0 Å². The Bertz CT molecular complexity index is 724. The number of aryl methyl sites for hydroxylation is 1. The molecule has 1 unspecified atom stereocenters. The van der Waals surface area contributed by atoms with Gasteiger partial charge in [-0.15, -0.1) is 0 Å². The molecular formula is C18H25N3O3. The third-order valence-electron chi connectivity index (χ3n) is 5.37. The Kier molecular flexibility index (Phi) is 4.24. The first-order valence-corrected chi connectivity index (χ1v) is 8.61. The van der Waals surface area contributed by atoms with Crippen LogP contribution in [0.1, 0.15) is 43.5 Å². The topological polar surface area (TPSA) is 62.6 Å². The van der Waals surface area contributed by atoms with Crippen molar-refractivity contribution in [3.8, 4) is 0 Å². The fourth-order valence-electron chi connectivity index (χ4n) is 3.92. The molecule has 3 heterocycles. The van der Waals surface area contributed by atoms with Gasteiger partial charge in [0.2, 0.25) is 11.5 Å². The summed E-state index contributed by atoms with van der Waals surface area (Å²) in [6.07, 6.45) is 4.14. The second-order valence-electron chi connectivity index (χ2n) is 7.32. The van der Waals surface area contributed by atoms with E-state index in [1.165, 1.54) is 10.6 Å². The van der Waals surface area contributed by atoms with Crippen molar-refractivity contribution in [2.45, 2.75) is 39.2 Å². The van der Waals surface area contributed by atoms with E-state index < -0.39 is 5.41 Å². The largest absolute Gasteiger partial charge is 0.340 e. The number of piperidine rings is 1. The van der Waals surface area contributed by atoms with Gasteiger partial charge in [-0.3, -0.25) is 14.4 Å². The number of rotatable bonds is 2. The first-order valence-electron chi connectivity index (χ1n) is 8.61. The normalized spacial score (nSPS) is 24.2. The van der Waals surface area contributed by atoms with E-state index in [0.29, 0.717) is 18.7 Å². The summed E-state index contributed by atoms with van der Waals surface area (Å²) in [5, 5.41) is 0. The standard InChI is InChI=1S/C18H25N3O3/c1-13(2)21-9-4-7-18(17(21)24)8-10-20(12-18)16(23)14-5-6-15(22)19(3)11-14/h5-6,11,13H,4,7-10,12H2,1-3H3. The fraction of sp³-hybridized carbons (Fsp3) is 0.611. The molecule has 0 aromatic carbocycles. The van der Waals surface area contributed by atoms with Crippen molar-refractivity contribution in [2.24, 2.45) is 12.5 Å². The number of carbonyl (C=O) groups is 2. The Morgan fingerprint density at radius 3 is 2.58 bits per heavy atom. The summed E-state index contributed by atoms with van der Waals surface area (Å²) < 4.78 is 1.41. The predicted molar refractivity (Wildman–Crippen MR) is 90.7 cm³/mol. The molecule has 0 aliphatic carbocycles. The van der Waals surface area contributed by atoms with Crippen LogP contribution in [0.4, 0.5) is 0 Å². The Balaban J connectivity index is 1.79. The van der Waals surface area contributed by atoms with Gasteiger partial charge in [0.05, 0.1) is 11.0 Å². The van der Waals surface area contributed by atoms with Crippen LogP contribution in [-0.2, 0) is 11.8 Å². The molecule has 2 aliphatic rings. The van der Waals surface area contributed by atoms with Gasteiger partial charge in [-0.05, 0) is 39.2 Å². The van der Waals surface area contributed by atoms with Crippen LogP contribution in [-0.4, -0.2) is 51.9 Å². The zero-order valence-electron chi connectivity index (χ0n) is 14.6. The molecule has 0 radical (unpaired) electrons. The van der Waals surface area contributed by atoms with Gasteiger partial charge in [0.25, 0.3) is 5.91 Å². The summed E-state index contributed by atoms with van der Waals surface area (Å²) in [5.41, 5.74) is -0.0589. The highest BCUT2D eigenvalue weighted by Gasteiger charge is 2.49. The maximum atomic E-state index is 12.9. The Hall–Kier alpha value is -2.11. The summed E-state index contributed by atoms with van der Waals surface area (Å²) >= 11 is 0. The average Bonchev–Trinajstić information content (AvgIpc) is 2.97. The van der Waals surface area contributed by atoms with Crippen molar-refractivity contribution < 1.29 is 9.59 Å². The quantitative estimate of drug-likeness (QED) is 0.819. The molecule has 1 aromatic rings. The van der Waals surface area contributed by atoms with Crippen LogP contribution >= 0.6 is 0 Å². The maximum Gasteiger partial charge on any atom is 0.255 e. The highest BCUT2D eigenvalue weighted by Crippen LogP contribution is 2.41. The monoisotopic (exact) mass is 331 g/mol. The molecule has 0 saturated carbocycles. The molecule has 0 N–H and O–H groups in total. The van der Waals surface area contributed by atoms with Crippen molar-refractivity contribution in [2.75, 3.05) is 19.6 Å². The Morgan fingerprint density at radius 1 is 1.17 bits per heavy atom. The molecule has 2 fully saturated rings. The highest BCUT2D eigenvalue weighted by atomic mass is 16.2. The van der Waals surface area contributed by atoms with Gasteiger partial charge in [-0.1, -0.05) is 0 Å². The van der Waals surface area contributed by atoms with Crippen molar-refractivity contribution in [3.05, 3.63) is 34.2 Å². The third-order valence-corrected chi connectivity index (χ3v) is 5.37. The van der Waals surface area contributed by atoms with E-state index in [4.69, 9.17) is 0 Å². The van der Waals surface area contributed by atoms with Crippen LogP contribution in [0.15, 0.2) is 23.1 Å². The summed E-state index contributed by atoms with van der Waals surface area (Å²) in [4.78, 5) is 40.9. The van der Waals surface area contributed by atoms with Crippen LogP contribution in [0.3, 0.4) is 0 Å². The molecule has 2 amide bonds. The third kappa shape index (κ3) is 2.74. The summed E-state index contributed by atoms with van der Waals surface area (Å²) in [6, 6.07) is 3.17. The Labute approximate surface area is 142 Å². The molecule has 0 bridgehead atoms. The fourth-order valence-corrected chi connectivity index (χ4v) is 3.92. The van der Waals surface area contributed by atoms with Crippen molar-refractivity contribution in [1.82, 2.24) is 14.4 Å². The summed E-state index contributed by atoms with van der Waals surface area (Å²) in [5.74, 6) is 0.0939. The van der Waals surface area contributed by atoms with Crippen LogP contribution in [0.2, 0.25) is 0 Å². The summed E-state index contributed by atoms with van der Waals surface area (Å²) in [6.45, 7) is 5.97. The van der Waals surface area contributed by atoms with Crippen molar-refractivity contribution >= 4 is 11.8 Å². The molecule has 6 nitrogen and oxygen atoms in total. The van der Waals surface area contributed by atoms with E-state index in [-0.39, 0.29) is 23.4 Å². The van der Waals surface area contributed by atoms with Crippen LogP contribution in [0.25, 0.3) is 0 Å². The van der Waals surface area contributed by atoms with Gasteiger partial charge in [-0.2, -0.15) is 0 Å². The number of likely N-dealkylation sites (tertiary alicyclic amines) is 2. The predicted octanol–water partition coefficient (Wildman–Crippen LogP) is 1.25. The number of pyridine rings is 1. The molecule has 2 saturated heterocycles. The van der Waals surface area contributed by atoms with E-state index in [1.54, 1.807) is 24.2 Å². The minimum Gasteiger partial charge on any atom is -0.340 e. The second kappa shape index (κ2) is 6.07. The number of nitrogens with zero attached hydrogens (tertiary/aromatic N) is 3. The molecule has 6 heteroatoms. The lowest BCUT2D eigenvalue weighted by Gasteiger charge is -2.41. The number of hydrogen-bond donors (Lipinski definition) is 0. The smallest absolute Gasteiger partial charge is 0.255 e. The molecule has 24 heavy (non-hydrogen) atoms. The van der Waals surface area contributed by atoms with Gasteiger partial charge < -0.3 is 14.4 Å². The van der Waals surface area contributed by atoms with Gasteiger partial charge in [0.1, 0.15) is 0 Å². The minimum atomic E-state index is -0.418. The van der Waals surface area contributed by atoms with E-state index in [0.717, 1.165) is 25.8 Å². The van der Waals surface area contributed by atoms with Gasteiger partial charge in [-0.25, -0.2) is 0 Å². The molecule has 2 aliphatic heterocycles. The van der Waals surface area contributed by atoms with E-state index in [1.807, 2.05) is 18.7 Å². The lowest BCUT2D eigenvalue weighted by molar-refractivity contribution is -0.147. The van der Waals surface area contributed by atoms with E-state index in [9.17, 15) is 14.4 Å². The number of hydrogen-bond acceptors (Lipinski definition) is 3. The zero-order valence-corrected chi connectivity index (χ0v) is 14.6.